The highest BCUT2D eigenvalue weighted by Crippen LogP contribution is 2.34. The average Bonchev–Trinajstić information content (AvgIpc) is 3.44. The molecule has 0 spiro atoms. The van der Waals surface area contributed by atoms with E-state index in [0.29, 0.717) is 33.2 Å². The molecule has 33 heavy (non-hydrogen) atoms. The zero-order valence-corrected chi connectivity index (χ0v) is 16.9. The molecule has 0 bridgehead atoms. The van der Waals surface area contributed by atoms with Crippen LogP contribution in [0.25, 0.3) is 21.9 Å². The van der Waals surface area contributed by atoms with E-state index in [0.717, 1.165) is 6.07 Å². The van der Waals surface area contributed by atoms with Crippen LogP contribution in [0.1, 0.15) is 13.9 Å². The smallest absolute Gasteiger partial charge is 0.346 e. The maximum Gasteiger partial charge on any atom is 0.418 e. The molecule has 5 rings (SSSR count). The lowest BCUT2D eigenvalue weighted by atomic mass is 10.1. The second kappa shape index (κ2) is 8.01. The van der Waals surface area contributed by atoms with E-state index in [1.54, 1.807) is 55.0 Å². The van der Waals surface area contributed by atoms with Crippen molar-refractivity contribution in [2.75, 3.05) is 10.6 Å². The number of rotatable bonds is 4. The van der Waals surface area contributed by atoms with Gasteiger partial charge in [-0.3, -0.25) is 0 Å². The number of aromatic amines is 1. The zero-order chi connectivity index (χ0) is 24.8. The topological polar surface area (TPSA) is 74.7 Å². The van der Waals surface area contributed by atoms with Crippen LogP contribution < -0.4 is 10.6 Å². The Balaban J connectivity index is 1.46. The molecule has 0 aliphatic heterocycles. The molecule has 0 fully saturated rings. The van der Waals surface area contributed by atoms with E-state index in [1.165, 1.54) is 22.8 Å². The van der Waals surface area contributed by atoms with Gasteiger partial charge in [0.05, 0.1) is 25.2 Å². The van der Waals surface area contributed by atoms with E-state index >= 15 is 0 Å². The van der Waals surface area contributed by atoms with Gasteiger partial charge in [-0.15, -0.1) is 0 Å². The zero-order valence-electron chi connectivity index (χ0n) is 18.9. The van der Waals surface area contributed by atoms with Crippen molar-refractivity contribution >= 4 is 39.3 Å². The number of carbonyl (C=O) groups excluding carboxylic acids is 1. The maximum absolute atomic E-state index is 13.2. The first-order valence-electron chi connectivity index (χ1n) is 10.9. The summed E-state index contributed by atoms with van der Waals surface area (Å²) in [5.41, 5.74) is 0.424. The largest absolute Gasteiger partial charge is 0.418 e. The van der Waals surface area contributed by atoms with Gasteiger partial charge in [-0.1, -0.05) is 18.2 Å². The SMILES string of the molecule is [2H]C([2H])(c1c[nH]c2ncccc12)n1ccc2c(NC(=O)Nc3ccccc3C(F)(F)F)cccc21. The second-order valence-corrected chi connectivity index (χ2v) is 7.26. The van der Waals surface area contributed by atoms with Crippen molar-refractivity contribution in [3.05, 3.63) is 90.4 Å². The van der Waals surface area contributed by atoms with Crippen LogP contribution in [0, 0.1) is 0 Å². The van der Waals surface area contributed by atoms with Crippen LogP contribution in [-0.2, 0) is 12.7 Å². The van der Waals surface area contributed by atoms with Gasteiger partial charge in [0.1, 0.15) is 5.65 Å². The Kier molecular flexibility index (Phi) is 4.45. The molecular formula is C24H18F3N5O. The summed E-state index contributed by atoms with van der Waals surface area (Å²) in [5.74, 6) is 0. The average molecular weight is 451 g/mol. The standard InChI is InChI=1S/C24H18F3N5O/c25-24(26,27)18-6-1-2-7-20(18)31-23(33)30-19-8-3-9-21-17(19)10-12-32(21)14-15-13-29-22-16(15)5-4-11-28-22/h1-13H,14H2,(H,28,29)(H2,30,31,33)/i14D2. The van der Waals surface area contributed by atoms with Crippen molar-refractivity contribution in [3.8, 4) is 0 Å². The van der Waals surface area contributed by atoms with E-state index in [4.69, 9.17) is 2.74 Å². The highest BCUT2D eigenvalue weighted by atomic mass is 19.4. The molecule has 9 heteroatoms. The lowest BCUT2D eigenvalue weighted by Crippen LogP contribution is -2.21. The molecule has 0 aliphatic rings. The van der Waals surface area contributed by atoms with E-state index in [9.17, 15) is 18.0 Å². The third-order valence-corrected chi connectivity index (χ3v) is 5.15. The fraction of sp³-hybridized carbons (Fsp3) is 0.0833. The number of benzene rings is 2. The van der Waals surface area contributed by atoms with Crippen molar-refractivity contribution in [2.24, 2.45) is 0 Å². The van der Waals surface area contributed by atoms with Crippen molar-refractivity contribution < 1.29 is 20.7 Å². The second-order valence-electron chi connectivity index (χ2n) is 7.26. The number of carbonyl (C=O) groups is 1. The molecule has 0 atom stereocenters. The number of nitrogens with one attached hydrogen (secondary N) is 3. The summed E-state index contributed by atoms with van der Waals surface area (Å²) < 4.78 is 58.8. The molecular weight excluding hydrogens is 431 g/mol. The predicted octanol–water partition coefficient (Wildman–Crippen LogP) is 6.23. The normalized spacial score (nSPS) is 13.1. The molecule has 3 heterocycles. The van der Waals surface area contributed by atoms with Crippen molar-refractivity contribution in [1.82, 2.24) is 14.5 Å². The van der Waals surface area contributed by atoms with Crippen LogP contribution in [-0.4, -0.2) is 20.6 Å². The number of alkyl halides is 3. The van der Waals surface area contributed by atoms with Gasteiger partial charge >= 0.3 is 12.2 Å². The van der Waals surface area contributed by atoms with Gasteiger partial charge in [0.15, 0.2) is 0 Å². The summed E-state index contributed by atoms with van der Waals surface area (Å²) in [4.78, 5) is 19.7. The molecule has 5 aromatic rings. The Bertz CT molecular complexity index is 1560. The molecule has 0 saturated carbocycles. The molecule has 0 aliphatic carbocycles. The summed E-state index contributed by atoms with van der Waals surface area (Å²) in [5, 5.41) is 5.98. The van der Waals surface area contributed by atoms with Crippen molar-refractivity contribution in [3.63, 3.8) is 0 Å². The number of anilines is 2. The van der Waals surface area contributed by atoms with Gasteiger partial charge in [-0.05, 0) is 48.0 Å². The Morgan fingerprint density at radius 1 is 1.00 bits per heavy atom. The fourth-order valence-corrected chi connectivity index (χ4v) is 3.67. The number of hydrogen-bond acceptors (Lipinski definition) is 2. The molecule has 2 amide bonds. The van der Waals surface area contributed by atoms with E-state index < -0.39 is 24.3 Å². The van der Waals surface area contributed by atoms with Crippen LogP contribution in [0.2, 0.25) is 0 Å². The number of hydrogen-bond donors (Lipinski definition) is 3. The first kappa shape index (κ1) is 18.3. The Morgan fingerprint density at radius 2 is 1.79 bits per heavy atom. The number of fused-ring (bicyclic) bond motifs is 2. The summed E-state index contributed by atoms with van der Waals surface area (Å²) >= 11 is 0. The van der Waals surface area contributed by atoms with E-state index in [1.807, 2.05) is 0 Å². The summed E-state index contributed by atoms with van der Waals surface area (Å²) in [6.07, 6.45) is 0.114. The highest BCUT2D eigenvalue weighted by Gasteiger charge is 2.33. The molecule has 0 radical (unpaired) electrons. The number of nitrogens with zero attached hydrogens (tertiary/aromatic N) is 2. The molecule has 166 valence electrons. The van der Waals surface area contributed by atoms with E-state index in [-0.39, 0.29) is 5.69 Å². The van der Waals surface area contributed by atoms with Crippen molar-refractivity contribution in [1.29, 1.82) is 0 Å². The van der Waals surface area contributed by atoms with Gasteiger partial charge in [0.25, 0.3) is 0 Å². The number of para-hydroxylation sites is 1. The molecule has 3 N–H and O–H groups in total. The Morgan fingerprint density at radius 3 is 2.64 bits per heavy atom. The lowest BCUT2D eigenvalue weighted by molar-refractivity contribution is -0.136. The maximum atomic E-state index is 13.2. The number of H-pyrrole nitrogens is 1. The van der Waals surface area contributed by atoms with Gasteiger partial charge in [0.2, 0.25) is 0 Å². The summed E-state index contributed by atoms with van der Waals surface area (Å²) in [7, 11) is 0. The van der Waals surface area contributed by atoms with Gasteiger partial charge < -0.3 is 20.2 Å². The summed E-state index contributed by atoms with van der Waals surface area (Å²) in [6.45, 7) is -1.96. The van der Waals surface area contributed by atoms with Crippen LogP contribution in [0.5, 0.6) is 0 Å². The Hall–Kier alpha value is -4.27. The van der Waals surface area contributed by atoms with Gasteiger partial charge in [-0.2, -0.15) is 13.2 Å². The first-order chi connectivity index (χ1) is 16.7. The quantitative estimate of drug-likeness (QED) is 0.303. The molecule has 3 aromatic heterocycles. The number of amides is 2. The van der Waals surface area contributed by atoms with Crippen LogP contribution in [0.4, 0.5) is 29.3 Å². The van der Waals surface area contributed by atoms with Crippen LogP contribution in [0.15, 0.2) is 79.3 Å². The predicted molar refractivity (Wildman–Crippen MR) is 121 cm³/mol. The molecule has 0 unspecified atom stereocenters. The molecule has 6 nitrogen and oxygen atoms in total. The third kappa shape index (κ3) is 4.00. The third-order valence-electron chi connectivity index (χ3n) is 5.15. The monoisotopic (exact) mass is 451 g/mol. The molecule has 2 aromatic carbocycles. The molecule has 0 saturated heterocycles. The minimum atomic E-state index is -4.62. The van der Waals surface area contributed by atoms with Gasteiger partial charge in [0, 0.05) is 35.9 Å². The minimum absolute atomic E-state index is 0.319. The Labute approximate surface area is 188 Å². The van der Waals surface area contributed by atoms with E-state index in [2.05, 4.69) is 20.6 Å². The number of urea groups is 1. The number of pyridine rings is 1. The highest BCUT2D eigenvalue weighted by molar-refractivity contribution is 6.06. The lowest BCUT2D eigenvalue weighted by Gasteiger charge is -2.14. The fourth-order valence-electron chi connectivity index (χ4n) is 3.67. The minimum Gasteiger partial charge on any atom is -0.346 e. The summed E-state index contributed by atoms with van der Waals surface area (Å²) in [6, 6.07) is 13.9. The van der Waals surface area contributed by atoms with Crippen LogP contribution >= 0.6 is 0 Å². The van der Waals surface area contributed by atoms with Crippen LogP contribution in [0.3, 0.4) is 0 Å². The van der Waals surface area contributed by atoms with Gasteiger partial charge in [-0.25, -0.2) is 9.78 Å². The number of aromatic nitrogens is 3. The first-order valence-corrected chi connectivity index (χ1v) is 9.93. The number of halogens is 3. The van der Waals surface area contributed by atoms with Crippen molar-refractivity contribution in [2.45, 2.75) is 12.7 Å².